The first-order chi connectivity index (χ1) is 19.8. The molecule has 0 unspecified atom stereocenters. The first-order valence-corrected chi connectivity index (χ1v) is 13.8. The Labute approximate surface area is 235 Å². The van der Waals surface area contributed by atoms with Crippen LogP contribution in [0.4, 0.5) is 5.69 Å². The number of carbonyl (C=O) groups excluding carboxylic acids is 3. The molecule has 4 aromatic rings. The number of carbonyl (C=O) groups is 3. The van der Waals surface area contributed by atoms with E-state index in [4.69, 9.17) is 9.72 Å². The molecule has 9 heteroatoms. The number of anilines is 1. The topological polar surface area (TPSA) is 111 Å². The minimum atomic E-state index is -1.19. The SMILES string of the molecule is CCOC(=O)c1ccc(N2C(=O)[C@H]3[C@@H](C(C)C)N[C@]4(c5ccccc5-n5c4nc4ccccc4c5=O)[C@H]3C2=O)cc1. The third-order valence-electron chi connectivity index (χ3n) is 8.65. The van der Waals surface area contributed by atoms with Crippen molar-refractivity contribution in [1.29, 1.82) is 0 Å². The van der Waals surface area contributed by atoms with Crippen LogP contribution in [0.5, 0.6) is 0 Å². The van der Waals surface area contributed by atoms with E-state index in [1.165, 1.54) is 4.90 Å². The zero-order chi connectivity index (χ0) is 28.6. The number of ether oxygens (including phenoxy) is 1. The molecule has 2 fully saturated rings. The molecule has 1 aromatic heterocycles. The highest BCUT2D eigenvalue weighted by Gasteiger charge is 2.70. The van der Waals surface area contributed by atoms with Crippen LogP contribution >= 0.6 is 0 Å². The molecule has 2 amide bonds. The van der Waals surface area contributed by atoms with E-state index >= 15 is 0 Å². The Bertz CT molecular complexity index is 1830. The molecule has 1 N–H and O–H groups in total. The number of esters is 1. The van der Waals surface area contributed by atoms with Gasteiger partial charge in [0.25, 0.3) is 5.56 Å². The minimum Gasteiger partial charge on any atom is -0.462 e. The number of nitrogens with one attached hydrogen (secondary N) is 1. The molecule has 1 spiro atoms. The molecule has 7 rings (SSSR count). The van der Waals surface area contributed by atoms with Crippen LogP contribution in [0.2, 0.25) is 0 Å². The van der Waals surface area contributed by atoms with Gasteiger partial charge in [0, 0.05) is 11.6 Å². The molecule has 0 bridgehead atoms. The largest absolute Gasteiger partial charge is 0.462 e. The van der Waals surface area contributed by atoms with E-state index in [-0.39, 0.29) is 35.9 Å². The normalized spacial score (nSPS) is 24.3. The molecule has 0 radical (unpaired) electrons. The second-order valence-electron chi connectivity index (χ2n) is 11.1. The smallest absolute Gasteiger partial charge is 0.338 e. The number of aromatic nitrogens is 2. The number of fused-ring (bicyclic) bond motifs is 8. The van der Waals surface area contributed by atoms with Crippen molar-refractivity contribution >= 4 is 34.4 Å². The molecular formula is C32H28N4O5. The summed E-state index contributed by atoms with van der Waals surface area (Å²) >= 11 is 0. The highest BCUT2D eigenvalue weighted by atomic mass is 16.5. The van der Waals surface area contributed by atoms with E-state index < -0.39 is 23.3 Å². The van der Waals surface area contributed by atoms with Crippen molar-refractivity contribution in [3.8, 4) is 5.69 Å². The molecule has 206 valence electrons. The van der Waals surface area contributed by atoms with Crippen LogP contribution in [-0.2, 0) is 19.9 Å². The van der Waals surface area contributed by atoms with Gasteiger partial charge in [-0.25, -0.2) is 14.7 Å². The Morgan fingerprint density at radius 2 is 1.68 bits per heavy atom. The lowest BCUT2D eigenvalue weighted by atomic mass is 9.75. The molecule has 3 aliphatic rings. The summed E-state index contributed by atoms with van der Waals surface area (Å²) in [5, 5.41) is 4.17. The predicted molar refractivity (Wildman–Crippen MR) is 152 cm³/mol. The van der Waals surface area contributed by atoms with Crippen molar-refractivity contribution in [2.24, 2.45) is 17.8 Å². The zero-order valence-corrected chi connectivity index (χ0v) is 22.8. The molecule has 41 heavy (non-hydrogen) atoms. The maximum atomic E-state index is 14.5. The molecular weight excluding hydrogens is 520 g/mol. The first-order valence-electron chi connectivity index (χ1n) is 13.8. The fourth-order valence-corrected chi connectivity index (χ4v) is 6.94. The van der Waals surface area contributed by atoms with Gasteiger partial charge in [0.15, 0.2) is 0 Å². The molecule has 9 nitrogen and oxygen atoms in total. The second-order valence-corrected chi connectivity index (χ2v) is 11.1. The molecule has 0 aliphatic carbocycles. The fourth-order valence-electron chi connectivity index (χ4n) is 6.94. The fraction of sp³-hybridized carbons (Fsp3) is 0.281. The van der Waals surface area contributed by atoms with E-state index in [1.807, 2.05) is 44.2 Å². The highest BCUT2D eigenvalue weighted by Crippen LogP contribution is 2.56. The lowest BCUT2D eigenvalue weighted by Gasteiger charge is -2.32. The van der Waals surface area contributed by atoms with Crippen LogP contribution in [-0.4, -0.2) is 40.0 Å². The van der Waals surface area contributed by atoms with Crippen molar-refractivity contribution in [1.82, 2.24) is 14.9 Å². The number of amides is 2. The lowest BCUT2D eigenvalue weighted by molar-refractivity contribution is -0.123. The minimum absolute atomic E-state index is 0.00171. The van der Waals surface area contributed by atoms with E-state index in [1.54, 1.807) is 54.0 Å². The molecule has 4 atom stereocenters. The summed E-state index contributed by atoms with van der Waals surface area (Å²) in [5.74, 6) is -2.26. The summed E-state index contributed by atoms with van der Waals surface area (Å²) in [6.07, 6.45) is 0. The lowest BCUT2D eigenvalue weighted by Crippen LogP contribution is -2.51. The number of nitrogens with zero attached hydrogens (tertiary/aromatic N) is 3. The van der Waals surface area contributed by atoms with Gasteiger partial charge in [-0.2, -0.15) is 0 Å². The summed E-state index contributed by atoms with van der Waals surface area (Å²) < 4.78 is 6.67. The first kappa shape index (κ1) is 25.3. The molecule has 0 saturated carbocycles. The zero-order valence-electron chi connectivity index (χ0n) is 22.8. The second kappa shape index (κ2) is 8.94. The summed E-state index contributed by atoms with van der Waals surface area (Å²) in [4.78, 5) is 60.9. The number of rotatable bonds is 4. The standard InChI is InChI=1S/C32H28N4O5/c1-4-41-30(40)18-13-15-19(16-14-18)35-28(38)24-25(29(35)39)32(34-26(24)17(2)3)21-10-6-8-12-23(21)36-27(37)20-9-5-7-11-22(20)33-31(32)36/h5-17,24-26,34H,4H2,1-3H3/t24-,25-,26-,32-/m1/s1. The molecule has 2 saturated heterocycles. The Morgan fingerprint density at radius 1 is 0.976 bits per heavy atom. The van der Waals surface area contributed by atoms with Gasteiger partial charge in [-0.1, -0.05) is 44.2 Å². The van der Waals surface area contributed by atoms with Gasteiger partial charge >= 0.3 is 5.97 Å². The Morgan fingerprint density at radius 3 is 2.41 bits per heavy atom. The van der Waals surface area contributed by atoms with Crippen LogP contribution in [0.15, 0.2) is 77.6 Å². The van der Waals surface area contributed by atoms with Gasteiger partial charge in [0.2, 0.25) is 11.8 Å². The van der Waals surface area contributed by atoms with Crippen molar-refractivity contribution in [2.45, 2.75) is 32.4 Å². The quantitative estimate of drug-likeness (QED) is 0.307. The average molecular weight is 549 g/mol. The van der Waals surface area contributed by atoms with Gasteiger partial charge in [0.1, 0.15) is 11.4 Å². The van der Waals surface area contributed by atoms with Crippen molar-refractivity contribution in [3.05, 3.63) is 100 Å². The number of hydrogen-bond acceptors (Lipinski definition) is 7. The van der Waals surface area contributed by atoms with Crippen LogP contribution in [0.1, 0.15) is 42.5 Å². The Hall–Kier alpha value is -4.63. The molecule has 3 aliphatic heterocycles. The third-order valence-corrected chi connectivity index (χ3v) is 8.65. The van der Waals surface area contributed by atoms with Gasteiger partial charge in [-0.3, -0.25) is 24.3 Å². The maximum Gasteiger partial charge on any atom is 0.338 e. The number of hydrogen-bond donors (Lipinski definition) is 1. The van der Waals surface area contributed by atoms with Gasteiger partial charge in [-0.15, -0.1) is 0 Å². The monoisotopic (exact) mass is 548 g/mol. The van der Waals surface area contributed by atoms with Gasteiger partial charge in [0.05, 0.1) is 46.3 Å². The van der Waals surface area contributed by atoms with E-state index in [2.05, 4.69) is 5.32 Å². The van der Waals surface area contributed by atoms with Gasteiger partial charge in [-0.05, 0) is 55.3 Å². The van der Waals surface area contributed by atoms with Gasteiger partial charge < -0.3 is 4.74 Å². The van der Waals surface area contributed by atoms with E-state index in [9.17, 15) is 19.2 Å². The predicted octanol–water partition coefficient (Wildman–Crippen LogP) is 3.55. The number of para-hydroxylation sites is 2. The van der Waals surface area contributed by atoms with E-state index in [0.717, 1.165) is 5.56 Å². The van der Waals surface area contributed by atoms with Crippen LogP contribution in [0, 0.1) is 17.8 Å². The maximum absolute atomic E-state index is 14.5. The summed E-state index contributed by atoms with van der Waals surface area (Å²) in [5.41, 5.74) is 1.25. The molecule has 3 aromatic carbocycles. The Balaban J connectivity index is 1.43. The third kappa shape index (κ3) is 3.29. The van der Waals surface area contributed by atoms with Crippen molar-refractivity contribution in [2.75, 3.05) is 11.5 Å². The summed E-state index contributed by atoms with van der Waals surface area (Å²) in [6.45, 7) is 6.01. The Kier molecular flexibility index (Phi) is 5.53. The highest BCUT2D eigenvalue weighted by molar-refractivity contribution is 6.23. The number of benzene rings is 3. The van der Waals surface area contributed by atoms with Crippen molar-refractivity contribution < 1.29 is 19.1 Å². The van der Waals surface area contributed by atoms with Crippen LogP contribution < -0.4 is 15.8 Å². The average Bonchev–Trinajstić information content (AvgIpc) is 3.57. The summed E-state index contributed by atoms with van der Waals surface area (Å²) in [6, 6.07) is 20.6. The summed E-state index contributed by atoms with van der Waals surface area (Å²) in [7, 11) is 0. The number of imide groups is 1. The molecule has 4 heterocycles. The van der Waals surface area contributed by atoms with Crippen LogP contribution in [0.25, 0.3) is 16.6 Å². The van der Waals surface area contributed by atoms with Crippen molar-refractivity contribution in [3.63, 3.8) is 0 Å². The van der Waals surface area contributed by atoms with E-state index in [0.29, 0.717) is 33.7 Å². The van der Waals surface area contributed by atoms with Crippen LogP contribution in [0.3, 0.4) is 0 Å².